The second kappa shape index (κ2) is 7.69. The van der Waals surface area contributed by atoms with Gasteiger partial charge in [0.15, 0.2) is 15.7 Å². The first-order valence-electron chi connectivity index (χ1n) is 8.25. The van der Waals surface area contributed by atoms with Gasteiger partial charge in [-0.1, -0.05) is 35.0 Å². The molecule has 1 aromatic carbocycles. The van der Waals surface area contributed by atoms with E-state index in [1.807, 2.05) is 28.9 Å². The topological polar surface area (TPSA) is 71.0 Å². The monoisotopic (exact) mass is 444 g/mol. The second-order valence-corrected chi connectivity index (χ2v) is 9.81. The predicted molar refractivity (Wildman–Crippen MR) is 105 cm³/mol. The third-order valence-electron chi connectivity index (χ3n) is 4.36. The molecule has 0 amide bonds. The van der Waals surface area contributed by atoms with Gasteiger partial charge < -0.3 is 0 Å². The summed E-state index contributed by atoms with van der Waals surface area (Å²) in [5.41, 5.74) is 0.957. The number of hydrogen-bond acceptors (Lipinski definition) is 5. The van der Waals surface area contributed by atoms with Crippen LogP contribution in [0.1, 0.15) is 19.8 Å². The highest BCUT2D eigenvalue weighted by Crippen LogP contribution is 2.21. The largest absolute Gasteiger partial charge is 0.280 e. The summed E-state index contributed by atoms with van der Waals surface area (Å²) in [5, 5.41) is 3.25. The van der Waals surface area contributed by atoms with Crippen LogP contribution in [0, 0.1) is 4.77 Å². The molecule has 9 heteroatoms. The van der Waals surface area contributed by atoms with Crippen molar-refractivity contribution in [1.82, 2.24) is 19.7 Å². The van der Waals surface area contributed by atoms with E-state index in [9.17, 15) is 8.42 Å². The molecule has 1 atom stereocenters. The number of rotatable bonds is 6. The van der Waals surface area contributed by atoms with Gasteiger partial charge in [-0.3, -0.25) is 10.00 Å². The van der Waals surface area contributed by atoms with E-state index in [0.29, 0.717) is 23.7 Å². The molecule has 1 aliphatic heterocycles. The van der Waals surface area contributed by atoms with Crippen LogP contribution in [0.4, 0.5) is 0 Å². The third kappa shape index (κ3) is 4.58. The molecule has 0 saturated carbocycles. The molecule has 1 aliphatic rings. The first-order valence-corrected chi connectivity index (χ1v) is 11.3. The Morgan fingerprint density at radius 1 is 1.40 bits per heavy atom. The quantitative estimate of drug-likeness (QED) is 0.692. The molecule has 0 spiro atoms. The molecular formula is C16H21BrN4O2S2. The van der Waals surface area contributed by atoms with E-state index in [4.69, 9.17) is 12.2 Å². The zero-order valence-corrected chi connectivity index (χ0v) is 17.2. The summed E-state index contributed by atoms with van der Waals surface area (Å²) < 4.78 is 26.9. The number of halogens is 1. The number of H-pyrrole nitrogens is 1. The molecule has 0 radical (unpaired) electrons. The van der Waals surface area contributed by atoms with Crippen LogP contribution in [0.25, 0.3) is 11.4 Å². The van der Waals surface area contributed by atoms with E-state index in [2.05, 4.69) is 37.8 Å². The van der Waals surface area contributed by atoms with Gasteiger partial charge in [0.1, 0.15) is 0 Å². The summed E-state index contributed by atoms with van der Waals surface area (Å²) in [4.78, 5) is 6.63. The predicted octanol–water partition coefficient (Wildman–Crippen LogP) is 3.23. The molecule has 1 fully saturated rings. The fourth-order valence-electron chi connectivity index (χ4n) is 3.09. The van der Waals surface area contributed by atoms with Crippen molar-refractivity contribution in [3.63, 3.8) is 0 Å². The first kappa shape index (κ1) is 18.8. The van der Waals surface area contributed by atoms with E-state index in [1.54, 1.807) is 0 Å². The van der Waals surface area contributed by atoms with Gasteiger partial charge in [0.25, 0.3) is 0 Å². The van der Waals surface area contributed by atoms with Crippen LogP contribution in [0.3, 0.4) is 0 Å². The summed E-state index contributed by atoms with van der Waals surface area (Å²) in [5.74, 6) is 1.22. The van der Waals surface area contributed by atoms with Crippen LogP contribution in [0.15, 0.2) is 28.7 Å². The summed E-state index contributed by atoms with van der Waals surface area (Å²) >= 11 is 8.81. The van der Waals surface area contributed by atoms with Crippen molar-refractivity contribution < 1.29 is 8.42 Å². The van der Waals surface area contributed by atoms with E-state index < -0.39 is 9.84 Å². The molecule has 0 bridgehead atoms. The van der Waals surface area contributed by atoms with Crippen molar-refractivity contribution >= 4 is 38.0 Å². The van der Waals surface area contributed by atoms with E-state index in [1.165, 1.54) is 0 Å². The van der Waals surface area contributed by atoms with Gasteiger partial charge in [-0.25, -0.2) is 13.1 Å². The van der Waals surface area contributed by atoms with E-state index in [0.717, 1.165) is 23.0 Å². The average Bonchev–Trinajstić information content (AvgIpc) is 3.10. The van der Waals surface area contributed by atoms with Crippen LogP contribution in [0.2, 0.25) is 0 Å². The van der Waals surface area contributed by atoms with Gasteiger partial charge in [0.05, 0.1) is 18.2 Å². The van der Waals surface area contributed by atoms with Crippen molar-refractivity contribution in [2.75, 3.05) is 18.1 Å². The fourth-order valence-corrected chi connectivity index (χ4v) is 5.31. The Kier molecular flexibility index (Phi) is 5.77. The Morgan fingerprint density at radius 3 is 2.72 bits per heavy atom. The lowest BCUT2D eigenvalue weighted by Gasteiger charge is -2.27. The van der Waals surface area contributed by atoms with Crippen LogP contribution in [-0.2, 0) is 16.5 Å². The standard InChI is InChI=1S/C16H21BrN4O2S2/c1-2-8-20(14-7-9-25(22,23)10-14)11-21-16(24)18-15(19-21)12-3-5-13(17)6-4-12/h3-6,14H,2,7-11H2,1H3,(H,18,19,24). The molecule has 1 unspecified atom stereocenters. The maximum Gasteiger partial charge on any atom is 0.217 e. The lowest BCUT2D eigenvalue weighted by molar-refractivity contribution is 0.155. The molecule has 136 valence electrons. The average molecular weight is 445 g/mol. The van der Waals surface area contributed by atoms with Gasteiger partial charge in [-0.15, -0.1) is 0 Å². The van der Waals surface area contributed by atoms with Gasteiger partial charge >= 0.3 is 0 Å². The number of aromatic amines is 1. The Labute approximate surface area is 161 Å². The zero-order chi connectivity index (χ0) is 18.0. The minimum Gasteiger partial charge on any atom is -0.280 e. The van der Waals surface area contributed by atoms with Crippen molar-refractivity contribution in [2.45, 2.75) is 32.5 Å². The lowest BCUT2D eigenvalue weighted by Crippen LogP contribution is -2.38. The Morgan fingerprint density at radius 2 is 2.12 bits per heavy atom. The van der Waals surface area contributed by atoms with Crippen LogP contribution in [-0.4, -0.2) is 52.2 Å². The Bertz CT molecular complexity index is 890. The van der Waals surface area contributed by atoms with E-state index in [-0.39, 0.29) is 17.5 Å². The molecule has 25 heavy (non-hydrogen) atoms. The number of nitrogens with zero attached hydrogens (tertiary/aromatic N) is 3. The lowest BCUT2D eigenvalue weighted by atomic mass is 10.2. The highest BCUT2D eigenvalue weighted by molar-refractivity contribution is 9.10. The minimum absolute atomic E-state index is 0.0475. The summed E-state index contributed by atoms with van der Waals surface area (Å²) in [6.45, 7) is 3.45. The van der Waals surface area contributed by atoms with Crippen LogP contribution < -0.4 is 0 Å². The molecule has 2 heterocycles. The Hall–Kier alpha value is -1.03. The number of benzene rings is 1. The van der Waals surface area contributed by atoms with Gasteiger partial charge in [0, 0.05) is 16.1 Å². The summed E-state index contributed by atoms with van der Waals surface area (Å²) in [6, 6.07) is 7.90. The van der Waals surface area contributed by atoms with Crippen molar-refractivity contribution in [2.24, 2.45) is 0 Å². The molecule has 1 aromatic heterocycles. The molecule has 1 N–H and O–H groups in total. The SMILES string of the molecule is CCCN(Cn1[nH]c(-c2ccc(Br)cc2)nc1=S)C1CCS(=O)(=O)C1. The zero-order valence-electron chi connectivity index (χ0n) is 14.0. The molecule has 0 aliphatic carbocycles. The van der Waals surface area contributed by atoms with Crippen molar-refractivity contribution in [3.8, 4) is 11.4 Å². The van der Waals surface area contributed by atoms with Crippen molar-refractivity contribution in [3.05, 3.63) is 33.5 Å². The Balaban J connectivity index is 1.81. The summed E-state index contributed by atoms with van der Waals surface area (Å²) in [6.07, 6.45) is 1.64. The minimum atomic E-state index is -2.91. The van der Waals surface area contributed by atoms with Crippen LogP contribution >= 0.6 is 28.1 Å². The smallest absolute Gasteiger partial charge is 0.217 e. The third-order valence-corrected chi connectivity index (χ3v) is 6.95. The first-order chi connectivity index (χ1) is 11.9. The number of aromatic nitrogens is 3. The van der Waals surface area contributed by atoms with Crippen LogP contribution in [0.5, 0.6) is 0 Å². The molecule has 6 nitrogen and oxygen atoms in total. The van der Waals surface area contributed by atoms with E-state index >= 15 is 0 Å². The highest BCUT2D eigenvalue weighted by Gasteiger charge is 2.32. The normalized spacial score (nSPS) is 19.6. The molecule has 2 aromatic rings. The number of sulfone groups is 1. The highest BCUT2D eigenvalue weighted by atomic mass is 79.9. The molecule has 3 rings (SSSR count). The van der Waals surface area contributed by atoms with Gasteiger partial charge in [0.2, 0.25) is 4.77 Å². The van der Waals surface area contributed by atoms with Crippen molar-refractivity contribution in [1.29, 1.82) is 0 Å². The molecule has 1 saturated heterocycles. The number of hydrogen-bond donors (Lipinski definition) is 1. The number of nitrogens with one attached hydrogen (secondary N) is 1. The maximum absolute atomic E-state index is 11.8. The fraction of sp³-hybridized carbons (Fsp3) is 0.500. The maximum atomic E-state index is 11.8. The van der Waals surface area contributed by atoms with Gasteiger partial charge in [-0.2, -0.15) is 4.98 Å². The summed E-state index contributed by atoms with van der Waals surface area (Å²) in [7, 11) is -2.91. The second-order valence-electron chi connectivity index (χ2n) is 6.30. The van der Waals surface area contributed by atoms with Gasteiger partial charge in [-0.05, 0) is 43.7 Å². The molecular weight excluding hydrogens is 424 g/mol.